The molecular weight excluding hydrogens is 288 g/mol. The first-order chi connectivity index (χ1) is 10.8. The maximum absolute atomic E-state index is 12.8. The second kappa shape index (κ2) is 5.55. The molecule has 3 aliphatic carbocycles. The van der Waals surface area contributed by atoms with Crippen LogP contribution in [0.3, 0.4) is 0 Å². The largest absolute Gasteiger partial charge is 0.387 e. The van der Waals surface area contributed by atoms with Crippen molar-refractivity contribution in [2.75, 3.05) is 0 Å². The van der Waals surface area contributed by atoms with Gasteiger partial charge >= 0.3 is 0 Å². The average molecular weight is 314 g/mol. The summed E-state index contributed by atoms with van der Waals surface area (Å²) in [5, 5.41) is 10.5. The van der Waals surface area contributed by atoms with Crippen molar-refractivity contribution in [2.45, 2.75) is 46.6 Å². The molecule has 0 bridgehead atoms. The van der Waals surface area contributed by atoms with E-state index in [1.807, 2.05) is 13.0 Å². The van der Waals surface area contributed by atoms with Crippen molar-refractivity contribution in [3.63, 3.8) is 0 Å². The topological polar surface area (TPSA) is 54.4 Å². The molecule has 0 spiro atoms. The number of Topliss-reactive ketones (excluding diaryl/α,β-unsaturated/α-hetero) is 2. The van der Waals surface area contributed by atoms with Crippen LogP contribution in [0, 0.1) is 29.6 Å². The van der Waals surface area contributed by atoms with E-state index in [2.05, 4.69) is 20.4 Å². The van der Waals surface area contributed by atoms with E-state index < -0.39 is 12.0 Å². The first-order valence-electron chi connectivity index (χ1n) is 8.62. The van der Waals surface area contributed by atoms with Gasteiger partial charge in [-0.1, -0.05) is 39.0 Å². The number of aliphatic hydroxyl groups is 1. The predicted octanol–water partition coefficient (Wildman–Crippen LogP) is 3.25. The molecule has 0 amide bonds. The Kier molecular flexibility index (Phi) is 3.96. The van der Waals surface area contributed by atoms with Gasteiger partial charge in [0, 0.05) is 23.0 Å². The van der Waals surface area contributed by atoms with Gasteiger partial charge < -0.3 is 5.11 Å². The Hall–Kier alpha value is -1.48. The van der Waals surface area contributed by atoms with Gasteiger partial charge in [0.25, 0.3) is 0 Å². The van der Waals surface area contributed by atoms with Gasteiger partial charge in [-0.15, -0.1) is 0 Å². The predicted molar refractivity (Wildman–Crippen MR) is 89.6 cm³/mol. The number of aliphatic hydroxyl groups excluding tert-OH is 1. The Morgan fingerprint density at radius 1 is 1.26 bits per heavy atom. The molecule has 3 nitrogen and oxygen atoms in total. The van der Waals surface area contributed by atoms with Crippen molar-refractivity contribution in [3.8, 4) is 0 Å². The number of allylic oxidation sites excluding steroid dienone is 4. The molecule has 0 aromatic rings. The van der Waals surface area contributed by atoms with Crippen LogP contribution in [0.25, 0.3) is 0 Å². The monoisotopic (exact) mass is 314 g/mol. The third-order valence-electron chi connectivity index (χ3n) is 6.07. The van der Waals surface area contributed by atoms with Crippen molar-refractivity contribution < 1.29 is 14.7 Å². The van der Waals surface area contributed by atoms with Gasteiger partial charge in [0.1, 0.15) is 0 Å². The maximum Gasteiger partial charge on any atom is 0.187 e. The van der Waals surface area contributed by atoms with Crippen molar-refractivity contribution in [3.05, 3.63) is 34.9 Å². The van der Waals surface area contributed by atoms with Crippen molar-refractivity contribution in [2.24, 2.45) is 29.6 Å². The van der Waals surface area contributed by atoms with Crippen molar-refractivity contribution in [1.82, 2.24) is 0 Å². The molecule has 3 heteroatoms. The molecule has 0 aliphatic heterocycles. The summed E-state index contributed by atoms with van der Waals surface area (Å²) in [5.41, 5.74) is 2.59. The standard InChI is InChI=1S/C20H26O3/c1-9(2)13-7-6-10(3)15-14(13)8-11(4)18(21)17-16(15)19(22)12(5)20(17)23/h8-9,12-15,20,23H,3,6-7H2,1-2,4-5H3. The SMILES string of the molecule is C=C1CCC(C(C)C)C2C=C(C)C(=O)C3=C(C(=O)C(C)C3O)C12. The molecule has 3 aliphatic rings. The summed E-state index contributed by atoms with van der Waals surface area (Å²) in [6, 6.07) is 0. The Morgan fingerprint density at radius 3 is 2.52 bits per heavy atom. The minimum Gasteiger partial charge on any atom is -0.387 e. The summed E-state index contributed by atoms with van der Waals surface area (Å²) in [5.74, 6) is 0.188. The van der Waals surface area contributed by atoms with Crippen LogP contribution in [0.5, 0.6) is 0 Å². The Morgan fingerprint density at radius 2 is 1.91 bits per heavy atom. The zero-order chi connectivity index (χ0) is 17.0. The highest BCUT2D eigenvalue weighted by molar-refractivity contribution is 6.18. The maximum atomic E-state index is 12.8. The smallest absolute Gasteiger partial charge is 0.187 e. The number of fused-ring (bicyclic) bond motifs is 2. The van der Waals surface area contributed by atoms with Gasteiger partial charge in [0.2, 0.25) is 0 Å². The van der Waals surface area contributed by atoms with Crippen LogP contribution in [0.2, 0.25) is 0 Å². The summed E-state index contributed by atoms with van der Waals surface area (Å²) in [6.07, 6.45) is 3.01. The van der Waals surface area contributed by atoms with Gasteiger partial charge in [-0.25, -0.2) is 0 Å². The molecule has 0 aromatic heterocycles. The first-order valence-corrected chi connectivity index (χ1v) is 8.62. The van der Waals surface area contributed by atoms with Crippen LogP contribution in [0.1, 0.15) is 40.5 Å². The summed E-state index contributed by atoms with van der Waals surface area (Å²) < 4.78 is 0. The minimum absolute atomic E-state index is 0.0653. The van der Waals surface area contributed by atoms with E-state index in [0.717, 1.165) is 18.4 Å². The molecule has 0 radical (unpaired) electrons. The number of hydrogen-bond donors (Lipinski definition) is 1. The number of ketones is 2. The number of rotatable bonds is 1. The normalized spacial score (nSPS) is 37.7. The Labute approximate surface area is 138 Å². The van der Waals surface area contributed by atoms with Gasteiger partial charge in [-0.3, -0.25) is 9.59 Å². The number of hydrogen-bond acceptors (Lipinski definition) is 3. The van der Waals surface area contributed by atoms with Crippen molar-refractivity contribution in [1.29, 1.82) is 0 Å². The summed E-state index contributed by atoms with van der Waals surface area (Å²) >= 11 is 0. The summed E-state index contributed by atoms with van der Waals surface area (Å²) in [6.45, 7) is 12.2. The highest BCUT2D eigenvalue weighted by atomic mass is 16.3. The van der Waals surface area contributed by atoms with E-state index in [1.165, 1.54) is 0 Å². The molecule has 5 atom stereocenters. The van der Waals surface area contributed by atoms with Crippen LogP contribution < -0.4 is 0 Å². The highest BCUT2D eigenvalue weighted by Crippen LogP contribution is 2.51. The van der Waals surface area contributed by atoms with E-state index in [9.17, 15) is 14.7 Å². The van der Waals surface area contributed by atoms with E-state index in [-0.39, 0.29) is 23.4 Å². The quantitative estimate of drug-likeness (QED) is 0.756. The molecule has 0 heterocycles. The molecule has 5 unspecified atom stereocenters. The fourth-order valence-electron chi connectivity index (χ4n) is 4.70. The highest BCUT2D eigenvalue weighted by Gasteiger charge is 2.50. The lowest BCUT2D eigenvalue weighted by Gasteiger charge is -2.40. The third-order valence-corrected chi connectivity index (χ3v) is 6.07. The molecule has 0 saturated heterocycles. The summed E-state index contributed by atoms with van der Waals surface area (Å²) in [7, 11) is 0. The van der Waals surface area contributed by atoms with E-state index in [1.54, 1.807) is 6.92 Å². The van der Waals surface area contributed by atoms with Gasteiger partial charge in [0.05, 0.1) is 6.10 Å². The molecule has 23 heavy (non-hydrogen) atoms. The number of carbonyl (C=O) groups excluding carboxylic acids is 2. The lowest BCUT2D eigenvalue weighted by Crippen LogP contribution is -2.34. The van der Waals surface area contributed by atoms with Gasteiger partial charge in [-0.2, -0.15) is 0 Å². The first kappa shape index (κ1) is 16.4. The van der Waals surface area contributed by atoms with Gasteiger partial charge in [0.15, 0.2) is 11.6 Å². The van der Waals surface area contributed by atoms with Gasteiger partial charge in [-0.05, 0) is 43.1 Å². The lowest BCUT2D eigenvalue weighted by atomic mass is 9.63. The molecule has 1 saturated carbocycles. The summed E-state index contributed by atoms with van der Waals surface area (Å²) in [4.78, 5) is 25.6. The van der Waals surface area contributed by atoms with E-state index in [4.69, 9.17) is 0 Å². The Bertz CT molecular complexity index is 650. The van der Waals surface area contributed by atoms with Crippen LogP contribution in [-0.4, -0.2) is 22.8 Å². The fraction of sp³-hybridized carbons (Fsp3) is 0.600. The molecule has 0 aromatic carbocycles. The fourth-order valence-corrected chi connectivity index (χ4v) is 4.70. The molecule has 1 N–H and O–H groups in total. The van der Waals surface area contributed by atoms with Crippen LogP contribution in [-0.2, 0) is 9.59 Å². The molecular formula is C20H26O3. The minimum atomic E-state index is -0.973. The molecule has 124 valence electrons. The lowest BCUT2D eigenvalue weighted by molar-refractivity contribution is -0.120. The molecule has 3 rings (SSSR count). The Balaban J connectivity index is 2.21. The number of carbonyl (C=O) groups is 2. The zero-order valence-electron chi connectivity index (χ0n) is 14.4. The van der Waals surface area contributed by atoms with Crippen LogP contribution in [0.4, 0.5) is 0 Å². The van der Waals surface area contributed by atoms with E-state index in [0.29, 0.717) is 28.6 Å². The van der Waals surface area contributed by atoms with Crippen LogP contribution >= 0.6 is 0 Å². The molecule has 1 fully saturated rings. The second-order valence-corrected chi connectivity index (χ2v) is 7.76. The van der Waals surface area contributed by atoms with Crippen LogP contribution in [0.15, 0.2) is 34.9 Å². The zero-order valence-corrected chi connectivity index (χ0v) is 14.4. The van der Waals surface area contributed by atoms with E-state index >= 15 is 0 Å². The second-order valence-electron chi connectivity index (χ2n) is 7.76. The average Bonchev–Trinajstić information content (AvgIpc) is 2.64. The third kappa shape index (κ3) is 2.28. The van der Waals surface area contributed by atoms with Crippen molar-refractivity contribution >= 4 is 11.6 Å².